The van der Waals surface area contributed by atoms with Gasteiger partial charge in [0.15, 0.2) is 0 Å². The van der Waals surface area contributed by atoms with Crippen LogP contribution in [0.2, 0.25) is 0 Å². The summed E-state index contributed by atoms with van der Waals surface area (Å²) in [6.07, 6.45) is 3.17. The minimum Gasteiger partial charge on any atom is -1.00 e. The van der Waals surface area contributed by atoms with E-state index in [2.05, 4.69) is 48.5 Å². The van der Waals surface area contributed by atoms with Crippen LogP contribution in [0.25, 0.3) is 0 Å². The Bertz CT molecular complexity index is 648. The minimum atomic E-state index is -0.410. The molecular weight excluding hydrogens is 399 g/mol. The molecule has 2 nitrogen and oxygen atoms in total. The standard InChI is InChI=1S/C17H16O2Te.ClH/c1-18-15-9-7-13(8-10-15)11-16-12-17(20-19-16)14-5-3-2-4-6-14;/h2-10,12,19H,11H2,1H3;1H/q+1;/p-1. The number of halogens is 1. The second kappa shape index (κ2) is 7.66. The summed E-state index contributed by atoms with van der Waals surface area (Å²) < 4.78 is 11.4. The third-order valence-corrected chi connectivity index (χ3v) is 5.66. The van der Waals surface area contributed by atoms with Crippen LogP contribution in [0.4, 0.5) is 0 Å². The van der Waals surface area contributed by atoms with Gasteiger partial charge in [0.1, 0.15) is 0 Å². The molecule has 1 radical (unpaired) electrons. The predicted octanol–water partition coefficient (Wildman–Crippen LogP) is -0.493. The van der Waals surface area contributed by atoms with Crippen LogP contribution in [0, 0.1) is 0 Å². The Kier molecular flexibility index (Phi) is 5.87. The summed E-state index contributed by atoms with van der Waals surface area (Å²) in [6, 6.07) is 18.8. The molecule has 2 aromatic rings. The predicted molar refractivity (Wildman–Crippen MR) is 83.3 cm³/mol. The van der Waals surface area contributed by atoms with E-state index in [9.17, 15) is 0 Å². The summed E-state index contributed by atoms with van der Waals surface area (Å²) in [5.74, 6) is 2.10. The van der Waals surface area contributed by atoms with Crippen LogP contribution in [0.3, 0.4) is 0 Å². The number of benzene rings is 2. The molecule has 0 atom stereocenters. The molecular formula is C17H16ClO2Te. The molecule has 0 aliphatic carbocycles. The van der Waals surface area contributed by atoms with Gasteiger partial charge in [0.05, 0.1) is 0 Å². The van der Waals surface area contributed by atoms with Crippen LogP contribution < -0.4 is 17.1 Å². The van der Waals surface area contributed by atoms with Crippen molar-refractivity contribution in [1.29, 1.82) is 0 Å². The number of ether oxygens (including phenoxy) is 1. The van der Waals surface area contributed by atoms with Gasteiger partial charge in [-0.1, -0.05) is 0 Å². The van der Waals surface area contributed by atoms with Gasteiger partial charge in [-0.15, -0.1) is 0 Å². The fourth-order valence-electron chi connectivity index (χ4n) is 2.09. The number of hydrogen-bond acceptors (Lipinski definition) is 1. The van der Waals surface area contributed by atoms with Crippen LogP contribution in [-0.2, 0) is 6.42 Å². The largest absolute Gasteiger partial charge is 1.00 e. The van der Waals surface area contributed by atoms with E-state index in [0.29, 0.717) is 0 Å². The maximum Gasteiger partial charge on any atom is -1.00 e. The van der Waals surface area contributed by atoms with Crippen molar-refractivity contribution in [2.45, 2.75) is 6.42 Å². The molecule has 109 valence electrons. The fourth-order valence-corrected chi connectivity index (χ4v) is 4.26. The number of rotatable bonds is 4. The van der Waals surface area contributed by atoms with E-state index >= 15 is 0 Å². The summed E-state index contributed by atoms with van der Waals surface area (Å²) in [6.45, 7) is 0. The number of allylic oxidation sites excluding steroid dienone is 2. The molecule has 1 aliphatic heterocycles. The smallest absolute Gasteiger partial charge is 1.00 e. The topological polar surface area (TPSA) is 22.0 Å². The molecule has 0 saturated carbocycles. The van der Waals surface area contributed by atoms with Crippen molar-refractivity contribution >= 4 is 24.4 Å². The van der Waals surface area contributed by atoms with Crippen LogP contribution >= 0.6 is 0 Å². The molecule has 0 saturated heterocycles. The molecule has 1 aliphatic rings. The molecule has 0 fully saturated rings. The fraction of sp³-hybridized carbons (Fsp3) is 0.118. The molecule has 3 rings (SSSR count). The van der Waals surface area contributed by atoms with Gasteiger partial charge in [-0.25, -0.2) is 0 Å². The van der Waals surface area contributed by atoms with Gasteiger partial charge >= 0.3 is 129 Å². The first kappa shape index (κ1) is 16.1. The maximum absolute atomic E-state index is 5.18. The molecule has 21 heavy (non-hydrogen) atoms. The second-order valence-corrected chi connectivity index (χ2v) is 6.87. The molecule has 2 aromatic carbocycles. The normalized spacial score (nSPS) is 12.8. The zero-order valence-corrected chi connectivity index (χ0v) is 14.7. The van der Waals surface area contributed by atoms with Crippen molar-refractivity contribution in [2.24, 2.45) is 0 Å². The average molecular weight is 415 g/mol. The van der Waals surface area contributed by atoms with Gasteiger partial charge in [-0.2, -0.15) is 0 Å². The van der Waals surface area contributed by atoms with Gasteiger partial charge < -0.3 is 12.4 Å². The molecule has 1 heterocycles. The SMILES string of the molecule is COc1ccc(CC2=CC(c3ccccc3)=[Te][OH+]2)cc1.[Cl-]. The minimum absolute atomic E-state index is 0. The Hall–Kier alpha value is -1.27. The summed E-state index contributed by atoms with van der Waals surface area (Å²) >= 11 is -0.410. The quantitative estimate of drug-likeness (QED) is 0.488. The van der Waals surface area contributed by atoms with E-state index in [4.69, 9.17) is 7.84 Å². The van der Waals surface area contributed by atoms with Gasteiger partial charge in [0.2, 0.25) is 0 Å². The van der Waals surface area contributed by atoms with E-state index < -0.39 is 20.9 Å². The van der Waals surface area contributed by atoms with Crippen molar-refractivity contribution in [3.8, 4) is 5.75 Å². The average Bonchev–Trinajstić information content (AvgIpc) is 2.97. The maximum atomic E-state index is 5.18. The third-order valence-electron chi connectivity index (χ3n) is 3.16. The first-order valence-electron chi connectivity index (χ1n) is 6.49. The summed E-state index contributed by atoms with van der Waals surface area (Å²) in [5, 5.41) is 0. The molecule has 1 N–H and O–H groups in total. The molecule has 0 bridgehead atoms. The van der Waals surface area contributed by atoms with Crippen molar-refractivity contribution < 1.29 is 20.2 Å². The van der Waals surface area contributed by atoms with Crippen molar-refractivity contribution in [2.75, 3.05) is 7.11 Å². The van der Waals surface area contributed by atoms with Crippen molar-refractivity contribution in [1.82, 2.24) is 0 Å². The van der Waals surface area contributed by atoms with Crippen molar-refractivity contribution in [3.63, 3.8) is 0 Å². The summed E-state index contributed by atoms with van der Waals surface area (Å²) in [4.78, 5) is 0. The van der Waals surface area contributed by atoms with E-state index in [1.54, 1.807) is 7.11 Å². The molecule has 0 spiro atoms. The number of aliphatic hydroxyl groups is 1. The van der Waals surface area contributed by atoms with E-state index in [0.717, 1.165) is 12.2 Å². The van der Waals surface area contributed by atoms with E-state index in [1.165, 1.54) is 20.4 Å². The summed E-state index contributed by atoms with van der Waals surface area (Å²) in [5.41, 5.74) is 2.60. The second-order valence-electron chi connectivity index (χ2n) is 4.57. The monoisotopic (exact) mass is 417 g/mol. The van der Waals surface area contributed by atoms with E-state index in [1.807, 2.05) is 12.1 Å². The Balaban J connectivity index is 0.00000161. The molecule has 0 unspecified atom stereocenters. The number of methoxy groups -OCH3 is 1. The van der Waals surface area contributed by atoms with Gasteiger partial charge in [-0.05, 0) is 0 Å². The first-order chi connectivity index (χ1) is 9.85. The Morgan fingerprint density at radius 3 is 2.38 bits per heavy atom. The molecule has 0 aromatic heterocycles. The summed E-state index contributed by atoms with van der Waals surface area (Å²) in [7, 11) is 1.69. The molecule has 4 heteroatoms. The van der Waals surface area contributed by atoms with Crippen LogP contribution in [0.15, 0.2) is 66.4 Å². The van der Waals surface area contributed by atoms with Gasteiger partial charge in [0.25, 0.3) is 0 Å². The van der Waals surface area contributed by atoms with Crippen LogP contribution in [0.5, 0.6) is 5.75 Å². The van der Waals surface area contributed by atoms with Gasteiger partial charge in [-0.3, -0.25) is 0 Å². The Morgan fingerprint density at radius 1 is 1.00 bits per heavy atom. The van der Waals surface area contributed by atoms with Gasteiger partial charge in [0, 0.05) is 0 Å². The zero-order chi connectivity index (χ0) is 13.8. The van der Waals surface area contributed by atoms with E-state index in [-0.39, 0.29) is 12.4 Å². The van der Waals surface area contributed by atoms with Crippen LogP contribution in [0.1, 0.15) is 11.1 Å². The molecule has 0 amide bonds. The first-order valence-corrected chi connectivity index (χ1v) is 8.70. The Morgan fingerprint density at radius 2 is 1.71 bits per heavy atom. The number of hydrogen-bond donors (Lipinski definition) is 0. The zero-order valence-electron chi connectivity index (χ0n) is 11.6. The Labute approximate surface area is 141 Å². The third kappa shape index (κ3) is 4.11. The van der Waals surface area contributed by atoms with Crippen LogP contribution in [-0.4, -0.2) is 34.6 Å². The van der Waals surface area contributed by atoms with Crippen molar-refractivity contribution in [3.05, 3.63) is 77.6 Å².